The first kappa shape index (κ1) is 25.2. The molecule has 1 aliphatic carbocycles. The molecular formula is C26H32ClN5O3S. The molecule has 0 unspecified atom stereocenters. The summed E-state index contributed by atoms with van der Waals surface area (Å²) in [5.74, 6) is 0.320. The van der Waals surface area contributed by atoms with Crippen LogP contribution in [-0.2, 0) is 9.84 Å². The zero-order valence-corrected chi connectivity index (χ0v) is 22.7. The predicted octanol–water partition coefficient (Wildman–Crippen LogP) is 4.73. The molecule has 3 aromatic rings. The minimum atomic E-state index is -3.40. The van der Waals surface area contributed by atoms with E-state index in [0.717, 1.165) is 44.3 Å². The van der Waals surface area contributed by atoms with Crippen LogP contribution in [0, 0.1) is 12.3 Å². The molecule has 1 saturated carbocycles. The van der Waals surface area contributed by atoms with Crippen molar-refractivity contribution in [2.75, 3.05) is 25.5 Å². The van der Waals surface area contributed by atoms with Gasteiger partial charge in [-0.05, 0) is 88.7 Å². The number of aryl methyl sites for hydroxylation is 1. The van der Waals surface area contributed by atoms with E-state index in [2.05, 4.69) is 27.2 Å². The van der Waals surface area contributed by atoms with Crippen LogP contribution in [0.4, 0.5) is 11.6 Å². The maximum Gasteiger partial charge on any atom is 0.271 e. The summed E-state index contributed by atoms with van der Waals surface area (Å²) < 4.78 is 28.3. The summed E-state index contributed by atoms with van der Waals surface area (Å²) in [6.07, 6.45) is 5.03. The SMILES string of the molecule is Cc1cc(S(=O)(=O)C2CCC3(CC2)CN(C)C3)ccc1Nc1ncc2cc(Cl)c(=O)n(C(C)C)c2n1. The Morgan fingerprint density at radius 1 is 1.17 bits per heavy atom. The van der Waals surface area contributed by atoms with Crippen molar-refractivity contribution in [1.29, 1.82) is 0 Å². The molecule has 36 heavy (non-hydrogen) atoms. The van der Waals surface area contributed by atoms with Gasteiger partial charge < -0.3 is 10.2 Å². The number of aromatic nitrogens is 3. The lowest BCUT2D eigenvalue weighted by molar-refractivity contribution is -0.00863. The van der Waals surface area contributed by atoms with E-state index in [1.807, 2.05) is 20.8 Å². The Balaban J connectivity index is 1.37. The fourth-order valence-corrected chi connectivity index (χ4v) is 7.87. The van der Waals surface area contributed by atoms with E-state index in [9.17, 15) is 13.2 Å². The van der Waals surface area contributed by atoms with Crippen molar-refractivity contribution in [3.8, 4) is 0 Å². The molecule has 0 amide bonds. The summed E-state index contributed by atoms with van der Waals surface area (Å²) in [4.78, 5) is 24.2. The molecule has 1 aliphatic heterocycles. The summed E-state index contributed by atoms with van der Waals surface area (Å²) in [6.45, 7) is 7.82. The fourth-order valence-electron chi connectivity index (χ4n) is 5.82. The maximum atomic E-state index is 13.4. The average Bonchev–Trinajstić information content (AvgIpc) is 2.80. The Bertz CT molecular complexity index is 1490. The van der Waals surface area contributed by atoms with Crippen molar-refractivity contribution >= 4 is 44.1 Å². The van der Waals surface area contributed by atoms with Crippen LogP contribution in [0.15, 0.2) is 40.2 Å². The van der Waals surface area contributed by atoms with Crippen LogP contribution in [0.3, 0.4) is 0 Å². The largest absolute Gasteiger partial charge is 0.324 e. The number of hydrogen-bond donors (Lipinski definition) is 1. The predicted molar refractivity (Wildman–Crippen MR) is 143 cm³/mol. The van der Waals surface area contributed by atoms with Gasteiger partial charge in [0, 0.05) is 36.4 Å². The quantitative estimate of drug-likeness (QED) is 0.510. The van der Waals surface area contributed by atoms with Crippen LogP contribution < -0.4 is 10.9 Å². The third-order valence-electron chi connectivity index (χ3n) is 7.66. The van der Waals surface area contributed by atoms with Gasteiger partial charge >= 0.3 is 0 Å². The summed E-state index contributed by atoms with van der Waals surface area (Å²) >= 11 is 6.11. The number of nitrogens with zero attached hydrogens (tertiary/aromatic N) is 4. The van der Waals surface area contributed by atoms with E-state index in [4.69, 9.17) is 11.6 Å². The minimum absolute atomic E-state index is 0.126. The van der Waals surface area contributed by atoms with Gasteiger partial charge in [0.05, 0.1) is 10.1 Å². The van der Waals surface area contributed by atoms with Gasteiger partial charge in [-0.25, -0.2) is 13.4 Å². The van der Waals surface area contributed by atoms with E-state index < -0.39 is 9.84 Å². The van der Waals surface area contributed by atoms with Crippen molar-refractivity contribution in [2.24, 2.45) is 5.41 Å². The molecule has 0 bridgehead atoms. The van der Waals surface area contributed by atoms with E-state index in [1.165, 1.54) is 0 Å². The number of rotatable bonds is 5. The van der Waals surface area contributed by atoms with Gasteiger partial charge in [0.25, 0.3) is 5.56 Å². The van der Waals surface area contributed by atoms with Gasteiger partial charge in [-0.2, -0.15) is 4.98 Å². The van der Waals surface area contributed by atoms with Gasteiger partial charge in [0.15, 0.2) is 9.84 Å². The molecule has 2 fully saturated rings. The molecule has 1 aromatic carbocycles. The normalized spacial score (nSPS) is 18.6. The summed E-state index contributed by atoms with van der Waals surface area (Å²) in [5, 5.41) is 3.65. The second kappa shape index (κ2) is 9.11. The number of sulfone groups is 1. The van der Waals surface area contributed by atoms with E-state index in [0.29, 0.717) is 33.0 Å². The van der Waals surface area contributed by atoms with Crippen LogP contribution in [0.2, 0.25) is 5.02 Å². The third-order valence-corrected chi connectivity index (χ3v) is 10.2. The lowest BCUT2D eigenvalue weighted by atomic mass is 9.69. The van der Waals surface area contributed by atoms with Crippen molar-refractivity contribution in [3.05, 3.63) is 51.4 Å². The molecule has 2 aromatic heterocycles. The number of likely N-dealkylation sites (tertiary alicyclic amines) is 1. The first-order chi connectivity index (χ1) is 17.0. The maximum absolute atomic E-state index is 13.4. The molecule has 10 heteroatoms. The zero-order chi connectivity index (χ0) is 25.8. The molecule has 2 aliphatic rings. The van der Waals surface area contributed by atoms with E-state index in [-0.39, 0.29) is 21.9 Å². The highest BCUT2D eigenvalue weighted by atomic mass is 35.5. The van der Waals surface area contributed by atoms with Gasteiger partial charge in [0.2, 0.25) is 5.95 Å². The average molecular weight is 530 g/mol. The molecule has 192 valence electrons. The Labute approximate surface area is 216 Å². The highest BCUT2D eigenvalue weighted by Crippen LogP contribution is 2.45. The third kappa shape index (κ3) is 4.41. The number of halogens is 1. The topological polar surface area (TPSA) is 97.2 Å². The summed E-state index contributed by atoms with van der Waals surface area (Å²) in [7, 11) is -1.28. The Morgan fingerprint density at radius 3 is 2.47 bits per heavy atom. The second-order valence-corrected chi connectivity index (χ2v) is 13.4. The number of anilines is 2. The van der Waals surface area contributed by atoms with Crippen molar-refractivity contribution in [3.63, 3.8) is 0 Å². The highest BCUT2D eigenvalue weighted by Gasteiger charge is 2.45. The van der Waals surface area contributed by atoms with Gasteiger partial charge in [0.1, 0.15) is 10.7 Å². The number of benzene rings is 1. The van der Waals surface area contributed by atoms with Crippen LogP contribution >= 0.6 is 11.6 Å². The monoisotopic (exact) mass is 529 g/mol. The summed E-state index contributed by atoms with van der Waals surface area (Å²) in [5.41, 5.74) is 2.01. The molecule has 1 N–H and O–H groups in total. The van der Waals surface area contributed by atoms with Crippen molar-refractivity contribution < 1.29 is 8.42 Å². The van der Waals surface area contributed by atoms with Crippen LogP contribution in [-0.4, -0.2) is 53.2 Å². The zero-order valence-electron chi connectivity index (χ0n) is 21.1. The minimum Gasteiger partial charge on any atom is -0.324 e. The first-order valence-electron chi connectivity index (χ1n) is 12.4. The fraction of sp³-hybridized carbons (Fsp3) is 0.500. The van der Waals surface area contributed by atoms with Gasteiger partial charge in [-0.1, -0.05) is 11.6 Å². The lowest BCUT2D eigenvalue weighted by Crippen LogP contribution is -2.56. The molecule has 5 rings (SSSR count). The Kier molecular flexibility index (Phi) is 6.37. The van der Waals surface area contributed by atoms with E-state index in [1.54, 1.807) is 35.0 Å². The number of pyridine rings is 1. The molecule has 0 radical (unpaired) electrons. The van der Waals surface area contributed by atoms with Gasteiger partial charge in [-0.3, -0.25) is 9.36 Å². The molecule has 0 atom stereocenters. The van der Waals surface area contributed by atoms with Crippen molar-refractivity contribution in [2.45, 2.75) is 62.6 Å². The number of nitrogens with one attached hydrogen (secondary N) is 1. The first-order valence-corrected chi connectivity index (χ1v) is 14.3. The van der Waals surface area contributed by atoms with Crippen LogP contribution in [0.1, 0.15) is 51.1 Å². The molecule has 1 saturated heterocycles. The van der Waals surface area contributed by atoms with Crippen molar-refractivity contribution in [1.82, 2.24) is 19.4 Å². The molecule has 8 nitrogen and oxygen atoms in total. The standard InChI is InChI=1S/C26H32ClN5O3S/c1-16(2)32-23-18(12-21(27)24(32)33)13-28-25(30-23)29-22-6-5-20(11-17(22)3)36(34,35)19-7-9-26(10-8-19)14-31(4)15-26/h5-6,11-13,16,19H,7-10,14-15H2,1-4H3,(H,28,29,30). The lowest BCUT2D eigenvalue weighted by Gasteiger charge is -2.52. The smallest absolute Gasteiger partial charge is 0.271 e. The summed E-state index contributed by atoms with van der Waals surface area (Å²) in [6, 6.07) is 6.59. The highest BCUT2D eigenvalue weighted by molar-refractivity contribution is 7.92. The second-order valence-electron chi connectivity index (χ2n) is 10.8. The Morgan fingerprint density at radius 2 is 1.86 bits per heavy atom. The van der Waals surface area contributed by atoms with Gasteiger partial charge in [-0.15, -0.1) is 0 Å². The van der Waals surface area contributed by atoms with E-state index >= 15 is 0 Å². The van der Waals surface area contributed by atoms with Crippen LogP contribution in [0.5, 0.6) is 0 Å². The molecule has 3 heterocycles. The molecule has 1 spiro atoms. The van der Waals surface area contributed by atoms with Crippen LogP contribution in [0.25, 0.3) is 11.0 Å². The molecular weight excluding hydrogens is 498 g/mol. The number of hydrogen-bond acceptors (Lipinski definition) is 7. The Hall–Kier alpha value is -2.49. The number of fused-ring (bicyclic) bond motifs is 1.